The molecule has 5 rings (SSSR count). The van der Waals surface area contributed by atoms with Gasteiger partial charge in [-0.05, 0) is 48.4 Å². The lowest BCUT2D eigenvalue weighted by atomic mass is 10.1. The van der Waals surface area contributed by atoms with Gasteiger partial charge in [0.1, 0.15) is 0 Å². The van der Waals surface area contributed by atoms with Crippen molar-refractivity contribution in [3.05, 3.63) is 53.1 Å². The number of carbonyl (C=O) groups excluding carboxylic acids is 2. The molecule has 2 heterocycles. The molecular weight excluding hydrogens is 344 g/mol. The predicted molar refractivity (Wildman–Crippen MR) is 99.8 cm³/mol. The Morgan fingerprint density at radius 2 is 1.70 bits per heavy atom. The van der Waals surface area contributed by atoms with E-state index in [9.17, 15) is 9.59 Å². The minimum atomic E-state index is 0.0208. The molecule has 0 saturated carbocycles. The molecule has 0 spiro atoms. The van der Waals surface area contributed by atoms with Gasteiger partial charge in [-0.25, -0.2) is 0 Å². The number of nitrogens with zero attached hydrogens (tertiary/aromatic N) is 2. The summed E-state index contributed by atoms with van der Waals surface area (Å²) in [5.74, 6) is 1.59. The van der Waals surface area contributed by atoms with E-state index in [1.807, 2.05) is 17.0 Å². The number of ketones is 1. The molecule has 0 unspecified atom stereocenters. The lowest BCUT2D eigenvalue weighted by Crippen LogP contribution is -2.48. The third-order valence-electron chi connectivity index (χ3n) is 5.56. The van der Waals surface area contributed by atoms with E-state index in [1.165, 1.54) is 0 Å². The summed E-state index contributed by atoms with van der Waals surface area (Å²) in [6.45, 7) is 3.11. The van der Waals surface area contributed by atoms with Crippen molar-refractivity contribution >= 4 is 17.4 Å². The van der Waals surface area contributed by atoms with Crippen LogP contribution in [0.4, 0.5) is 5.69 Å². The summed E-state index contributed by atoms with van der Waals surface area (Å²) in [6, 6.07) is 11.4. The maximum absolute atomic E-state index is 12.8. The van der Waals surface area contributed by atoms with E-state index in [0.717, 1.165) is 36.3 Å². The molecule has 1 amide bonds. The van der Waals surface area contributed by atoms with E-state index in [0.29, 0.717) is 36.6 Å². The molecule has 138 valence electrons. The highest BCUT2D eigenvalue weighted by atomic mass is 16.7. The molecule has 0 radical (unpaired) electrons. The van der Waals surface area contributed by atoms with Gasteiger partial charge in [0.2, 0.25) is 6.79 Å². The molecule has 0 bridgehead atoms. The minimum Gasteiger partial charge on any atom is -0.454 e. The van der Waals surface area contributed by atoms with Crippen molar-refractivity contribution in [3.63, 3.8) is 0 Å². The number of piperazine rings is 1. The van der Waals surface area contributed by atoms with Gasteiger partial charge >= 0.3 is 0 Å². The standard InChI is InChI=1S/C21H20N2O4/c24-18-5-1-14-11-16(3-4-17(14)18)22-7-9-23(10-8-22)21(25)15-2-6-19-20(12-15)27-13-26-19/h2-4,6,11-12H,1,5,7-10,13H2. The van der Waals surface area contributed by atoms with Crippen LogP contribution in [0.15, 0.2) is 36.4 Å². The first-order valence-electron chi connectivity index (χ1n) is 9.29. The number of anilines is 1. The van der Waals surface area contributed by atoms with Crippen molar-refractivity contribution in [2.45, 2.75) is 12.8 Å². The first-order valence-corrected chi connectivity index (χ1v) is 9.29. The highest BCUT2D eigenvalue weighted by Crippen LogP contribution is 2.33. The van der Waals surface area contributed by atoms with Crippen LogP contribution < -0.4 is 14.4 Å². The zero-order valence-electron chi connectivity index (χ0n) is 14.9. The van der Waals surface area contributed by atoms with Crippen molar-refractivity contribution in [1.29, 1.82) is 0 Å². The van der Waals surface area contributed by atoms with Crippen LogP contribution in [0.2, 0.25) is 0 Å². The topological polar surface area (TPSA) is 59.1 Å². The number of hydrogen-bond donors (Lipinski definition) is 0. The first-order chi connectivity index (χ1) is 13.2. The second-order valence-corrected chi connectivity index (χ2v) is 7.11. The van der Waals surface area contributed by atoms with Gasteiger partial charge in [0.15, 0.2) is 17.3 Å². The molecule has 0 N–H and O–H groups in total. The summed E-state index contributed by atoms with van der Waals surface area (Å²) in [4.78, 5) is 28.8. The van der Waals surface area contributed by atoms with Gasteiger partial charge < -0.3 is 19.3 Å². The molecule has 0 atom stereocenters. The molecule has 0 aromatic heterocycles. The summed E-state index contributed by atoms with van der Waals surface area (Å²) < 4.78 is 10.7. The molecule has 6 heteroatoms. The number of hydrogen-bond acceptors (Lipinski definition) is 5. The van der Waals surface area contributed by atoms with Gasteiger partial charge in [0.25, 0.3) is 5.91 Å². The van der Waals surface area contributed by atoms with E-state index < -0.39 is 0 Å². The lowest BCUT2D eigenvalue weighted by molar-refractivity contribution is 0.0746. The molecule has 2 aromatic carbocycles. The Balaban J connectivity index is 1.26. The van der Waals surface area contributed by atoms with Crippen LogP contribution in [-0.2, 0) is 6.42 Å². The fourth-order valence-electron chi connectivity index (χ4n) is 4.02. The average molecular weight is 364 g/mol. The average Bonchev–Trinajstić information content (AvgIpc) is 3.33. The number of benzene rings is 2. The van der Waals surface area contributed by atoms with Crippen molar-refractivity contribution < 1.29 is 19.1 Å². The summed E-state index contributed by atoms with van der Waals surface area (Å²) >= 11 is 0. The highest BCUT2D eigenvalue weighted by molar-refractivity contribution is 6.00. The van der Waals surface area contributed by atoms with Crippen molar-refractivity contribution in [1.82, 2.24) is 4.90 Å². The highest BCUT2D eigenvalue weighted by Gasteiger charge is 2.26. The summed E-state index contributed by atoms with van der Waals surface area (Å²) in [5, 5.41) is 0. The Hall–Kier alpha value is -3.02. The van der Waals surface area contributed by atoms with E-state index >= 15 is 0 Å². The Kier molecular flexibility index (Phi) is 3.77. The molecule has 2 aromatic rings. The fourth-order valence-corrected chi connectivity index (χ4v) is 4.02. The molecule has 6 nitrogen and oxygen atoms in total. The van der Waals surface area contributed by atoms with E-state index in [-0.39, 0.29) is 18.5 Å². The minimum absolute atomic E-state index is 0.0208. The van der Waals surface area contributed by atoms with Crippen molar-refractivity contribution in [2.75, 3.05) is 37.9 Å². The van der Waals surface area contributed by atoms with Crippen LogP contribution in [0, 0.1) is 0 Å². The first kappa shape index (κ1) is 16.2. The van der Waals surface area contributed by atoms with Gasteiger partial charge in [-0.1, -0.05) is 0 Å². The molecule has 1 saturated heterocycles. The lowest BCUT2D eigenvalue weighted by Gasteiger charge is -2.36. The molecule has 1 aliphatic carbocycles. The Morgan fingerprint density at radius 3 is 2.56 bits per heavy atom. The largest absolute Gasteiger partial charge is 0.454 e. The number of ether oxygens (including phenoxy) is 2. The molecular formula is C21H20N2O4. The van der Waals surface area contributed by atoms with Crippen LogP contribution in [0.5, 0.6) is 11.5 Å². The van der Waals surface area contributed by atoms with Gasteiger partial charge in [-0.3, -0.25) is 9.59 Å². The third-order valence-corrected chi connectivity index (χ3v) is 5.56. The monoisotopic (exact) mass is 364 g/mol. The zero-order valence-corrected chi connectivity index (χ0v) is 14.9. The summed E-state index contributed by atoms with van der Waals surface area (Å²) in [6.07, 6.45) is 1.46. The Morgan fingerprint density at radius 1 is 0.889 bits per heavy atom. The normalized spacial score (nSPS) is 18.0. The van der Waals surface area contributed by atoms with E-state index in [4.69, 9.17) is 9.47 Å². The van der Waals surface area contributed by atoms with Crippen molar-refractivity contribution in [2.24, 2.45) is 0 Å². The zero-order chi connectivity index (χ0) is 18.4. The number of fused-ring (bicyclic) bond motifs is 2. The molecule has 3 aliphatic rings. The van der Waals surface area contributed by atoms with Crippen LogP contribution in [-0.4, -0.2) is 49.6 Å². The molecule has 2 aliphatic heterocycles. The summed E-state index contributed by atoms with van der Waals surface area (Å²) in [5.41, 5.74) is 3.79. The quantitative estimate of drug-likeness (QED) is 0.820. The second kappa shape index (κ2) is 6.30. The Bertz CT molecular complexity index is 932. The maximum Gasteiger partial charge on any atom is 0.254 e. The maximum atomic E-state index is 12.8. The van der Waals surface area contributed by atoms with Gasteiger partial charge in [-0.15, -0.1) is 0 Å². The number of amides is 1. The van der Waals surface area contributed by atoms with E-state index in [1.54, 1.807) is 18.2 Å². The smallest absolute Gasteiger partial charge is 0.254 e. The third kappa shape index (κ3) is 2.81. The number of Topliss-reactive ketones (excluding diaryl/α,β-unsaturated/α-hetero) is 1. The molecule has 27 heavy (non-hydrogen) atoms. The number of aryl methyl sites for hydroxylation is 1. The van der Waals surface area contributed by atoms with Gasteiger partial charge in [-0.2, -0.15) is 0 Å². The summed E-state index contributed by atoms with van der Waals surface area (Å²) in [7, 11) is 0. The predicted octanol–water partition coefficient (Wildman–Crippen LogP) is 2.51. The van der Waals surface area contributed by atoms with E-state index in [2.05, 4.69) is 11.0 Å². The van der Waals surface area contributed by atoms with Crippen molar-refractivity contribution in [3.8, 4) is 11.5 Å². The Labute approximate surface area is 157 Å². The fraction of sp³-hybridized carbons (Fsp3) is 0.333. The number of carbonyl (C=O) groups is 2. The van der Waals surface area contributed by atoms with Gasteiger partial charge in [0.05, 0.1) is 0 Å². The molecule has 1 fully saturated rings. The SMILES string of the molecule is O=C1CCc2cc(N3CCN(C(=O)c4ccc5c(c4)OCO5)CC3)ccc21. The van der Waals surface area contributed by atoms with Gasteiger partial charge in [0, 0.05) is 49.4 Å². The van der Waals surface area contributed by atoms with Crippen LogP contribution in [0.3, 0.4) is 0 Å². The number of rotatable bonds is 2. The second-order valence-electron chi connectivity index (χ2n) is 7.11. The van der Waals surface area contributed by atoms with Crippen LogP contribution in [0.1, 0.15) is 32.7 Å². The van der Waals surface area contributed by atoms with Crippen LogP contribution >= 0.6 is 0 Å². The van der Waals surface area contributed by atoms with Crippen LogP contribution in [0.25, 0.3) is 0 Å².